The molecule has 1 aromatic heterocycles. The molecule has 0 saturated carbocycles. The van der Waals surface area contributed by atoms with E-state index in [2.05, 4.69) is 11.1 Å². The molecule has 3 heteroatoms. The van der Waals surface area contributed by atoms with Gasteiger partial charge in [-0.05, 0) is 31.7 Å². The lowest BCUT2D eigenvalue weighted by molar-refractivity contribution is 0.405. The maximum absolute atomic E-state index is 6.34. The Kier molecular flexibility index (Phi) is 4.15. The zero-order chi connectivity index (χ0) is 12.1. The summed E-state index contributed by atoms with van der Waals surface area (Å²) in [5.41, 5.74) is 8.72. The SMILES string of the molecule is COc1cnccc1C(N)C1=CCCCCC1. The Hall–Kier alpha value is -1.35. The topological polar surface area (TPSA) is 48.1 Å². The lowest BCUT2D eigenvalue weighted by Crippen LogP contribution is -2.14. The van der Waals surface area contributed by atoms with E-state index in [1.165, 1.54) is 24.8 Å². The molecule has 0 spiro atoms. The molecule has 1 atom stereocenters. The number of nitrogens with two attached hydrogens (primary N) is 1. The molecule has 0 fully saturated rings. The van der Waals surface area contributed by atoms with Gasteiger partial charge in [0.25, 0.3) is 0 Å². The van der Waals surface area contributed by atoms with Gasteiger partial charge in [0.2, 0.25) is 0 Å². The number of ether oxygens (including phenoxy) is 1. The summed E-state index contributed by atoms with van der Waals surface area (Å²) in [5.74, 6) is 0.783. The fraction of sp³-hybridized carbons (Fsp3) is 0.500. The molecular formula is C14H20N2O. The summed E-state index contributed by atoms with van der Waals surface area (Å²) in [5, 5.41) is 0. The molecule has 0 saturated heterocycles. The largest absolute Gasteiger partial charge is 0.495 e. The average Bonchev–Trinajstić information content (AvgIpc) is 2.66. The highest BCUT2D eigenvalue weighted by atomic mass is 16.5. The molecule has 3 nitrogen and oxygen atoms in total. The first kappa shape index (κ1) is 12.1. The third-order valence-corrected chi connectivity index (χ3v) is 3.35. The van der Waals surface area contributed by atoms with Gasteiger partial charge in [0.1, 0.15) is 5.75 Å². The van der Waals surface area contributed by atoms with Crippen LogP contribution in [-0.4, -0.2) is 12.1 Å². The summed E-state index contributed by atoms with van der Waals surface area (Å²) in [6.45, 7) is 0. The minimum atomic E-state index is -0.0500. The highest BCUT2D eigenvalue weighted by Gasteiger charge is 2.16. The third kappa shape index (κ3) is 2.86. The number of nitrogens with zero attached hydrogens (tertiary/aromatic N) is 1. The van der Waals surface area contributed by atoms with E-state index in [0.29, 0.717) is 0 Å². The first-order chi connectivity index (χ1) is 8.33. The van der Waals surface area contributed by atoms with Gasteiger partial charge >= 0.3 is 0 Å². The van der Waals surface area contributed by atoms with Crippen molar-refractivity contribution >= 4 is 0 Å². The van der Waals surface area contributed by atoms with E-state index in [9.17, 15) is 0 Å². The molecule has 0 aromatic carbocycles. The summed E-state index contributed by atoms with van der Waals surface area (Å²) in [6, 6.07) is 1.90. The molecule has 0 aliphatic heterocycles. The Morgan fingerprint density at radius 3 is 3.06 bits per heavy atom. The van der Waals surface area contributed by atoms with E-state index in [1.54, 1.807) is 19.5 Å². The van der Waals surface area contributed by atoms with Gasteiger partial charge in [-0.15, -0.1) is 0 Å². The van der Waals surface area contributed by atoms with Crippen molar-refractivity contribution in [1.29, 1.82) is 0 Å². The van der Waals surface area contributed by atoms with Crippen molar-refractivity contribution < 1.29 is 4.74 Å². The van der Waals surface area contributed by atoms with E-state index in [4.69, 9.17) is 10.5 Å². The number of aromatic nitrogens is 1. The standard InChI is InChI=1S/C14H20N2O/c1-17-13-10-16-9-8-12(13)14(15)11-6-4-2-3-5-7-11/h6,8-10,14H,2-5,7,15H2,1H3. The smallest absolute Gasteiger partial charge is 0.142 e. The zero-order valence-corrected chi connectivity index (χ0v) is 10.4. The molecule has 0 bridgehead atoms. The molecule has 1 unspecified atom stereocenters. The van der Waals surface area contributed by atoms with Crippen molar-refractivity contribution in [3.8, 4) is 5.75 Å². The van der Waals surface area contributed by atoms with Gasteiger partial charge in [0, 0.05) is 11.8 Å². The van der Waals surface area contributed by atoms with Crippen LogP contribution >= 0.6 is 0 Å². The predicted molar refractivity (Wildman–Crippen MR) is 68.9 cm³/mol. The van der Waals surface area contributed by atoms with Gasteiger partial charge in [0.15, 0.2) is 0 Å². The molecule has 1 aromatic rings. The van der Waals surface area contributed by atoms with Crippen LogP contribution in [-0.2, 0) is 0 Å². The molecule has 1 aliphatic rings. The lowest BCUT2D eigenvalue weighted by Gasteiger charge is -2.18. The number of allylic oxidation sites excluding steroid dienone is 1. The number of hydrogen-bond donors (Lipinski definition) is 1. The quantitative estimate of drug-likeness (QED) is 0.815. The number of pyridine rings is 1. The highest BCUT2D eigenvalue weighted by molar-refractivity contribution is 5.37. The van der Waals surface area contributed by atoms with Crippen molar-refractivity contribution in [2.75, 3.05) is 7.11 Å². The summed E-state index contributed by atoms with van der Waals surface area (Å²) in [7, 11) is 1.66. The first-order valence-corrected chi connectivity index (χ1v) is 6.25. The van der Waals surface area contributed by atoms with E-state index in [1.807, 2.05) is 6.07 Å². The van der Waals surface area contributed by atoms with Crippen LogP contribution in [0.4, 0.5) is 0 Å². The second-order valence-electron chi connectivity index (χ2n) is 4.47. The number of rotatable bonds is 3. The van der Waals surface area contributed by atoms with Crippen LogP contribution in [0, 0.1) is 0 Å². The molecule has 1 heterocycles. The first-order valence-electron chi connectivity index (χ1n) is 6.25. The molecule has 1 aliphatic carbocycles. The van der Waals surface area contributed by atoms with Gasteiger partial charge in [-0.1, -0.05) is 18.1 Å². The summed E-state index contributed by atoms with van der Waals surface area (Å²) >= 11 is 0. The van der Waals surface area contributed by atoms with Gasteiger partial charge in [0.05, 0.1) is 19.3 Å². The van der Waals surface area contributed by atoms with E-state index < -0.39 is 0 Å². The second kappa shape index (κ2) is 5.82. The van der Waals surface area contributed by atoms with Crippen molar-refractivity contribution in [2.24, 2.45) is 5.73 Å². The molecule has 2 rings (SSSR count). The second-order valence-corrected chi connectivity index (χ2v) is 4.47. The van der Waals surface area contributed by atoms with Crippen molar-refractivity contribution in [2.45, 2.75) is 38.1 Å². The van der Waals surface area contributed by atoms with Crippen LogP contribution in [0.5, 0.6) is 5.75 Å². The van der Waals surface area contributed by atoms with Crippen LogP contribution in [0.15, 0.2) is 30.1 Å². The fourth-order valence-corrected chi connectivity index (χ4v) is 2.34. The predicted octanol–water partition coefficient (Wildman–Crippen LogP) is 2.98. The Morgan fingerprint density at radius 2 is 2.24 bits per heavy atom. The number of hydrogen-bond acceptors (Lipinski definition) is 3. The van der Waals surface area contributed by atoms with Gasteiger partial charge < -0.3 is 10.5 Å². The number of methoxy groups -OCH3 is 1. The van der Waals surface area contributed by atoms with Crippen LogP contribution in [0.2, 0.25) is 0 Å². The average molecular weight is 232 g/mol. The van der Waals surface area contributed by atoms with Crippen LogP contribution in [0.25, 0.3) is 0 Å². The van der Waals surface area contributed by atoms with Crippen molar-refractivity contribution in [3.05, 3.63) is 35.7 Å². The fourth-order valence-electron chi connectivity index (χ4n) is 2.34. The van der Waals surface area contributed by atoms with Crippen molar-refractivity contribution in [3.63, 3.8) is 0 Å². The monoisotopic (exact) mass is 232 g/mol. The Balaban J connectivity index is 2.23. The summed E-state index contributed by atoms with van der Waals surface area (Å²) in [4.78, 5) is 4.06. The normalized spacial score (nSPS) is 18.1. The van der Waals surface area contributed by atoms with Crippen molar-refractivity contribution in [1.82, 2.24) is 4.98 Å². The van der Waals surface area contributed by atoms with Crippen LogP contribution in [0.3, 0.4) is 0 Å². The molecular weight excluding hydrogens is 212 g/mol. The van der Waals surface area contributed by atoms with E-state index in [0.717, 1.165) is 24.2 Å². The van der Waals surface area contributed by atoms with Gasteiger partial charge in [-0.3, -0.25) is 4.98 Å². The molecule has 92 valence electrons. The Labute approximate surface area is 103 Å². The minimum absolute atomic E-state index is 0.0500. The summed E-state index contributed by atoms with van der Waals surface area (Å²) in [6.07, 6.45) is 11.9. The molecule has 2 N–H and O–H groups in total. The third-order valence-electron chi connectivity index (χ3n) is 3.35. The van der Waals surface area contributed by atoms with E-state index in [-0.39, 0.29) is 6.04 Å². The summed E-state index contributed by atoms with van der Waals surface area (Å²) < 4.78 is 5.32. The van der Waals surface area contributed by atoms with Crippen LogP contribution < -0.4 is 10.5 Å². The van der Waals surface area contributed by atoms with Gasteiger partial charge in [-0.25, -0.2) is 0 Å². The maximum Gasteiger partial charge on any atom is 0.142 e. The molecule has 17 heavy (non-hydrogen) atoms. The molecule has 0 amide bonds. The van der Waals surface area contributed by atoms with Crippen LogP contribution in [0.1, 0.15) is 43.7 Å². The maximum atomic E-state index is 6.34. The highest BCUT2D eigenvalue weighted by Crippen LogP contribution is 2.31. The lowest BCUT2D eigenvalue weighted by atomic mass is 9.96. The minimum Gasteiger partial charge on any atom is -0.495 e. The van der Waals surface area contributed by atoms with Gasteiger partial charge in [-0.2, -0.15) is 0 Å². The Morgan fingerprint density at radius 1 is 1.35 bits per heavy atom. The molecule has 0 radical (unpaired) electrons. The van der Waals surface area contributed by atoms with E-state index >= 15 is 0 Å². The Bertz CT molecular complexity index is 401. The zero-order valence-electron chi connectivity index (χ0n) is 10.4.